The van der Waals surface area contributed by atoms with Crippen LogP contribution in [0.5, 0.6) is 6.01 Å². The third kappa shape index (κ3) is 9.94. The van der Waals surface area contributed by atoms with E-state index in [4.69, 9.17) is 19.7 Å². The molecular weight excluding hydrogens is 510 g/mol. The summed E-state index contributed by atoms with van der Waals surface area (Å²) in [5, 5.41) is 7.73. The summed E-state index contributed by atoms with van der Waals surface area (Å²) in [5.74, 6) is 1.56. The van der Waals surface area contributed by atoms with Crippen molar-refractivity contribution in [2.24, 2.45) is 0 Å². The lowest BCUT2D eigenvalue weighted by Crippen LogP contribution is -2.63. The minimum Gasteiger partial charge on any atom is -0.463 e. The van der Waals surface area contributed by atoms with Crippen LogP contribution in [0.4, 0.5) is 11.9 Å². The van der Waals surface area contributed by atoms with Gasteiger partial charge in [-0.3, -0.25) is 0 Å². The van der Waals surface area contributed by atoms with Gasteiger partial charge in [0, 0.05) is 47.3 Å². The van der Waals surface area contributed by atoms with E-state index in [1.807, 2.05) is 0 Å². The third-order valence-electron chi connectivity index (χ3n) is 8.56. The average molecular weight is 574 g/mol. The Balaban J connectivity index is 2.09. The number of anilines is 2. The highest BCUT2D eigenvalue weighted by atomic mass is 16.5. The van der Waals surface area contributed by atoms with Gasteiger partial charge in [0.2, 0.25) is 11.9 Å². The molecule has 8 nitrogen and oxygen atoms in total. The number of hydrogen-bond donors (Lipinski definition) is 2. The van der Waals surface area contributed by atoms with Crippen molar-refractivity contribution >= 4 is 11.9 Å². The van der Waals surface area contributed by atoms with Gasteiger partial charge in [-0.25, -0.2) is 0 Å². The molecule has 2 N–H and O–H groups in total. The van der Waals surface area contributed by atoms with Crippen molar-refractivity contribution in [1.82, 2.24) is 25.6 Å². The molecule has 0 spiro atoms. The van der Waals surface area contributed by atoms with Gasteiger partial charge in [-0.2, -0.15) is 15.0 Å². The predicted molar refractivity (Wildman–Crippen MR) is 173 cm³/mol. The molecule has 0 radical (unpaired) electrons. The van der Waals surface area contributed by atoms with E-state index < -0.39 is 0 Å². The zero-order chi connectivity index (χ0) is 30.5. The van der Waals surface area contributed by atoms with E-state index in [-0.39, 0.29) is 22.2 Å². The summed E-state index contributed by atoms with van der Waals surface area (Å²) in [6.07, 6.45) is 10.7. The van der Waals surface area contributed by atoms with Crippen LogP contribution in [-0.2, 0) is 0 Å². The van der Waals surface area contributed by atoms with Crippen LogP contribution in [0.15, 0.2) is 0 Å². The molecule has 1 aromatic rings. The molecule has 0 bridgehead atoms. The molecule has 2 aliphatic rings. The Morgan fingerprint density at radius 1 is 0.610 bits per heavy atom. The molecule has 41 heavy (non-hydrogen) atoms. The van der Waals surface area contributed by atoms with E-state index in [0.717, 1.165) is 89.2 Å². The number of unbranched alkanes of at least 4 members (excludes halogenated alkanes) is 3. The van der Waals surface area contributed by atoms with Crippen molar-refractivity contribution in [3.8, 4) is 6.01 Å². The molecule has 0 saturated carbocycles. The van der Waals surface area contributed by atoms with Gasteiger partial charge in [-0.05, 0) is 100 Å². The van der Waals surface area contributed by atoms with E-state index in [0.29, 0.717) is 24.7 Å². The lowest BCUT2D eigenvalue weighted by Gasteiger charge is -2.50. The third-order valence-corrected chi connectivity index (χ3v) is 8.56. The number of aromatic nitrogens is 3. The molecule has 3 rings (SSSR count). The van der Waals surface area contributed by atoms with Crippen molar-refractivity contribution in [2.75, 3.05) is 29.5 Å². The maximum absolute atomic E-state index is 6.24. The normalized spacial score (nSPS) is 21.9. The van der Waals surface area contributed by atoms with Crippen LogP contribution in [0.25, 0.3) is 0 Å². The summed E-state index contributed by atoms with van der Waals surface area (Å²) in [7, 11) is 0. The Kier molecular flexibility index (Phi) is 11.3. The molecule has 0 atom stereocenters. The first-order valence-electron chi connectivity index (χ1n) is 16.6. The van der Waals surface area contributed by atoms with Crippen molar-refractivity contribution in [3.63, 3.8) is 0 Å². The Morgan fingerprint density at radius 3 is 1.32 bits per heavy atom. The van der Waals surface area contributed by atoms with Gasteiger partial charge in [-0.1, -0.05) is 40.0 Å². The SMILES string of the molecule is CCCCOc1nc(N(CCCC)C2CC(C)(C)NC(C)(C)C2)nc(N(CCCC)C2CC(C)(C)NC(C)(C)C2)n1. The lowest BCUT2D eigenvalue weighted by molar-refractivity contribution is 0.157. The molecule has 2 aliphatic heterocycles. The number of ether oxygens (including phenoxy) is 1. The van der Waals surface area contributed by atoms with Crippen molar-refractivity contribution in [3.05, 3.63) is 0 Å². The van der Waals surface area contributed by atoms with E-state index >= 15 is 0 Å². The van der Waals surface area contributed by atoms with Crippen LogP contribution >= 0.6 is 0 Å². The topological polar surface area (TPSA) is 78.4 Å². The highest BCUT2D eigenvalue weighted by Crippen LogP contribution is 2.36. The Labute approximate surface area is 252 Å². The van der Waals surface area contributed by atoms with Gasteiger partial charge in [0.25, 0.3) is 0 Å². The molecule has 8 heteroatoms. The molecule has 2 saturated heterocycles. The first-order valence-corrected chi connectivity index (χ1v) is 16.6. The molecule has 0 amide bonds. The van der Waals surface area contributed by atoms with E-state index in [9.17, 15) is 0 Å². The largest absolute Gasteiger partial charge is 0.463 e. The van der Waals surface area contributed by atoms with Gasteiger partial charge >= 0.3 is 6.01 Å². The van der Waals surface area contributed by atoms with Crippen molar-refractivity contribution < 1.29 is 4.74 Å². The summed E-state index contributed by atoms with van der Waals surface area (Å²) in [4.78, 5) is 20.3. The second-order valence-corrected chi connectivity index (χ2v) is 15.4. The van der Waals surface area contributed by atoms with Crippen LogP contribution in [0.1, 0.15) is 140 Å². The van der Waals surface area contributed by atoms with Crippen molar-refractivity contribution in [1.29, 1.82) is 0 Å². The second-order valence-electron chi connectivity index (χ2n) is 15.4. The van der Waals surface area contributed by atoms with Crippen LogP contribution in [0, 0.1) is 0 Å². The molecule has 0 unspecified atom stereocenters. The summed E-state index contributed by atoms with van der Waals surface area (Å²) in [6.45, 7) is 27.8. The number of piperidine rings is 2. The Hall–Kier alpha value is -1.67. The number of nitrogens with zero attached hydrogens (tertiary/aromatic N) is 5. The lowest BCUT2D eigenvalue weighted by atomic mass is 9.79. The average Bonchev–Trinajstić information content (AvgIpc) is 2.81. The standard InChI is InChI=1S/C33H63N7O/c1-12-15-18-39(25-21-30(4,5)37-31(6,7)22-25)27-34-28(36-29(35-27)41-20-17-14-3)40(19-16-13-2)26-23-32(8,9)38-33(10,11)24-26/h25-26,37-38H,12-24H2,1-11H3. The van der Waals surface area contributed by atoms with E-state index in [2.05, 4.69) is 96.6 Å². The first-order chi connectivity index (χ1) is 19.1. The Morgan fingerprint density at radius 2 is 0.976 bits per heavy atom. The van der Waals surface area contributed by atoms with E-state index in [1.54, 1.807) is 0 Å². The van der Waals surface area contributed by atoms with Gasteiger partial charge in [0.1, 0.15) is 0 Å². The van der Waals surface area contributed by atoms with Crippen molar-refractivity contribution in [2.45, 2.75) is 175 Å². The maximum atomic E-state index is 6.24. The second kappa shape index (κ2) is 13.7. The number of hydrogen-bond acceptors (Lipinski definition) is 8. The van der Waals surface area contributed by atoms with Gasteiger partial charge < -0.3 is 25.2 Å². The summed E-state index contributed by atoms with van der Waals surface area (Å²) < 4.78 is 6.24. The fourth-order valence-electron chi connectivity index (χ4n) is 7.49. The number of rotatable bonds is 14. The van der Waals surface area contributed by atoms with Crippen LogP contribution in [0.2, 0.25) is 0 Å². The van der Waals surface area contributed by atoms with Gasteiger partial charge in [0.15, 0.2) is 0 Å². The van der Waals surface area contributed by atoms with Gasteiger partial charge in [-0.15, -0.1) is 0 Å². The summed E-state index contributed by atoms with van der Waals surface area (Å²) in [6, 6.07) is 1.15. The molecule has 3 heterocycles. The molecular formula is C33H63N7O. The molecule has 0 aliphatic carbocycles. The monoisotopic (exact) mass is 574 g/mol. The minimum atomic E-state index is 0.0343. The van der Waals surface area contributed by atoms with Crippen LogP contribution in [0.3, 0.4) is 0 Å². The minimum absolute atomic E-state index is 0.0343. The molecule has 2 fully saturated rings. The fraction of sp³-hybridized carbons (Fsp3) is 0.909. The van der Waals surface area contributed by atoms with Crippen LogP contribution < -0.4 is 25.2 Å². The first kappa shape index (κ1) is 33.8. The Bertz CT molecular complexity index is 861. The molecule has 0 aromatic carbocycles. The summed E-state index contributed by atoms with van der Waals surface area (Å²) >= 11 is 0. The predicted octanol–water partition coefficient (Wildman–Crippen LogP) is 6.88. The quantitative estimate of drug-likeness (QED) is 0.233. The molecule has 236 valence electrons. The van der Waals surface area contributed by atoms with E-state index in [1.165, 1.54) is 0 Å². The van der Waals surface area contributed by atoms with Crippen LogP contribution in [-0.4, -0.2) is 68.9 Å². The highest BCUT2D eigenvalue weighted by molar-refractivity contribution is 5.43. The maximum Gasteiger partial charge on any atom is 0.323 e. The smallest absolute Gasteiger partial charge is 0.323 e. The number of nitrogens with one attached hydrogen (secondary N) is 2. The molecule has 1 aromatic heterocycles. The highest BCUT2D eigenvalue weighted by Gasteiger charge is 2.42. The fourth-order valence-corrected chi connectivity index (χ4v) is 7.49. The van der Waals surface area contributed by atoms with Gasteiger partial charge in [0.05, 0.1) is 6.61 Å². The summed E-state index contributed by atoms with van der Waals surface area (Å²) in [5.41, 5.74) is 0.137. The zero-order valence-electron chi connectivity index (χ0n) is 28.5. The zero-order valence-corrected chi connectivity index (χ0v) is 28.5.